The summed E-state index contributed by atoms with van der Waals surface area (Å²) >= 11 is 0. The fraction of sp³-hybridized carbons (Fsp3) is 1.00. The van der Waals surface area contributed by atoms with E-state index in [1.54, 1.807) is 0 Å². The zero-order chi connectivity index (χ0) is 10.0. The highest BCUT2D eigenvalue weighted by molar-refractivity contribution is 4.92. The Hall–Kier alpha value is -0.0800. The molecule has 2 rings (SSSR count). The molecule has 2 saturated heterocycles. The molecule has 2 aliphatic rings. The van der Waals surface area contributed by atoms with Crippen LogP contribution in [0.1, 0.15) is 39.5 Å². The molecule has 0 aromatic rings. The first-order chi connectivity index (χ1) is 6.76. The van der Waals surface area contributed by atoms with Crippen LogP contribution in [0.3, 0.4) is 0 Å². The molecule has 14 heavy (non-hydrogen) atoms. The van der Waals surface area contributed by atoms with E-state index in [2.05, 4.69) is 24.1 Å². The Kier molecular flexibility index (Phi) is 3.13. The number of nitrogens with one attached hydrogen (secondary N) is 1. The van der Waals surface area contributed by atoms with Crippen LogP contribution in [0, 0.1) is 5.41 Å². The first kappa shape index (κ1) is 10.4. The molecule has 2 aliphatic heterocycles. The fourth-order valence-electron chi connectivity index (χ4n) is 2.92. The van der Waals surface area contributed by atoms with Crippen LogP contribution in [-0.2, 0) is 0 Å². The van der Waals surface area contributed by atoms with Crippen LogP contribution >= 0.6 is 0 Å². The monoisotopic (exact) mass is 196 g/mol. The van der Waals surface area contributed by atoms with Crippen molar-refractivity contribution in [2.75, 3.05) is 26.2 Å². The van der Waals surface area contributed by atoms with Gasteiger partial charge in [0.05, 0.1) is 0 Å². The second-order valence-electron chi connectivity index (χ2n) is 5.22. The zero-order valence-electron chi connectivity index (χ0n) is 9.68. The van der Waals surface area contributed by atoms with Crippen molar-refractivity contribution in [3.63, 3.8) is 0 Å². The smallest absolute Gasteiger partial charge is 0.00643 e. The molecule has 0 saturated carbocycles. The second-order valence-corrected chi connectivity index (χ2v) is 5.22. The predicted molar refractivity (Wildman–Crippen MR) is 60.5 cm³/mol. The summed E-state index contributed by atoms with van der Waals surface area (Å²) in [6, 6.07) is 0.793. The van der Waals surface area contributed by atoms with Crippen molar-refractivity contribution in [3.05, 3.63) is 0 Å². The summed E-state index contributed by atoms with van der Waals surface area (Å²) in [5, 5.41) is 3.52. The average molecular weight is 196 g/mol. The molecule has 0 aromatic heterocycles. The Morgan fingerprint density at radius 2 is 2.00 bits per heavy atom. The van der Waals surface area contributed by atoms with Gasteiger partial charge in [-0.3, -0.25) is 0 Å². The minimum atomic E-state index is 0.684. The molecule has 1 N–H and O–H groups in total. The lowest BCUT2D eigenvalue weighted by Gasteiger charge is -2.41. The summed E-state index contributed by atoms with van der Waals surface area (Å²) in [7, 11) is 0. The van der Waals surface area contributed by atoms with E-state index in [4.69, 9.17) is 0 Å². The van der Waals surface area contributed by atoms with Crippen molar-refractivity contribution in [2.45, 2.75) is 45.6 Å². The van der Waals surface area contributed by atoms with Crippen molar-refractivity contribution in [1.82, 2.24) is 10.2 Å². The van der Waals surface area contributed by atoms with Gasteiger partial charge in [-0.1, -0.05) is 6.92 Å². The predicted octanol–water partition coefficient (Wildman–Crippen LogP) is 1.86. The lowest BCUT2D eigenvalue weighted by Crippen LogP contribution is -2.44. The summed E-state index contributed by atoms with van der Waals surface area (Å²) in [5.41, 5.74) is 0.684. The third-order valence-corrected chi connectivity index (χ3v) is 4.40. The Morgan fingerprint density at radius 3 is 2.50 bits per heavy atom. The molecule has 1 spiro atoms. The van der Waals surface area contributed by atoms with Crippen molar-refractivity contribution < 1.29 is 0 Å². The third kappa shape index (κ3) is 1.96. The highest BCUT2D eigenvalue weighted by Crippen LogP contribution is 2.37. The number of piperidine rings is 1. The number of hydrogen-bond acceptors (Lipinski definition) is 2. The summed E-state index contributed by atoms with van der Waals surface area (Å²) in [6.45, 7) is 9.86. The fourth-order valence-corrected chi connectivity index (χ4v) is 2.92. The summed E-state index contributed by atoms with van der Waals surface area (Å²) in [4.78, 5) is 2.67. The van der Waals surface area contributed by atoms with Gasteiger partial charge in [-0.05, 0) is 57.7 Å². The lowest BCUT2D eigenvalue weighted by molar-refractivity contribution is 0.0883. The molecule has 1 atom stereocenters. The molecule has 0 aromatic carbocycles. The number of rotatable bonds is 2. The third-order valence-electron chi connectivity index (χ3n) is 4.40. The van der Waals surface area contributed by atoms with Gasteiger partial charge in [-0.15, -0.1) is 0 Å². The van der Waals surface area contributed by atoms with Crippen LogP contribution in [0.4, 0.5) is 0 Å². The summed E-state index contributed by atoms with van der Waals surface area (Å²) in [5.74, 6) is 0. The van der Waals surface area contributed by atoms with Crippen LogP contribution in [0.2, 0.25) is 0 Å². The number of likely N-dealkylation sites (tertiary alicyclic amines) is 1. The lowest BCUT2D eigenvalue weighted by atomic mass is 9.77. The van der Waals surface area contributed by atoms with E-state index in [0.717, 1.165) is 6.04 Å². The first-order valence-electron chi connectivity index (χ1n) is 6.20. The van der Waals surface area contributed by atoms with Crippen molar-refractivity contribution in [1.29, 1.82) is 0 Å². The van der Waals surface area contributed by atoms with Gasteiger partial charge in [0.25, 0.3) is 0 Å². The second kappa shape index (κ2) is 4.19. The van der Waals surface area contributed by atoms with Crippen molar-refractivity contribution >= 4 is 0 Å². The molecule has 2 heteroatoms. The van der Waals surface area contributed by atoms with E-state index in [-0.39, 0.29) is 0 Å². The van der Waals surface area contributed by atoms with Crippen molar-refractivity contribution in [3.8, 4) is 0 Å². The van der Waals surface area contributed by atoms with Gasteiger partial charge < -0.3 is 10.2 Å². The quantitative estimate of drug-likeness (QED) is 0.725. The highest BCUT2D eigenvalue weighted by Gasteiger charge is 2.37. The minimum Gasteiger partial charge on any atom is -0.316 e. The topological polar surface area (TPSA) is 15.3 Å². The van der Waals surface area contributed by atoms with Crippen LogP contribution in [0.25, 0.3) is 0 Å². The zero-order valence-corrected chi connectivity index (χ0v) is 9.68. The van der Waals surface area contributed by atoms with E-state index >= 15 is 0 Å². The Morgan fingerprint density at radius 1 is 1.29 bits per heavy atom. The van der Waals surface area contributed by atoms with Gasteiger partial charge in [-0.2, -0.15) is 0 Å². The minimum absolute atomic E-state index is 0.684. The normalized spacial score (nSPS) is 29.6. The Labute approximate surface area is 88.1 Å². The first-order valence-corrected chi connectivity index (χ1v) is 6.20. The maximum Gasteiger partial charge on any atom is 0.00643 e. The van der Waals surface area contributed by atoms with Gasteiger partial charge in [0.2, 0.25) is 0 Å². The molecular weight excluding hydrogens is 172 g/mol. The maximum atomic E-state index is 3.52. The average Bonchev–Trinajstić information content (AvgIpc) is 2.67. The van der Waals surface area contributed by atoms with Crippen LogP contribution in [0.5, 0.6) is 0 Å². The molecular formula is C12H24N2. The summed E-state index contributed by atoms with van der Waals surface area (Å²) < 4.78 is 0. The SMILES string of the molecule is CCC(C)N1CCC2(CCNC2)CC1. The van der Waals surface area contributed by atoms with Crippen LogP contribution in [-0.4, -0.2) is 37.1 Å². The van der Waals surface area contributed by atoms with Gasteiger partial charge >= 0.3 is 0 Å². The maximum absolute atomic E-state index is 3.52. The molecule has 2 nitrogen and oxygen atoms in total. The molecule has 2 fully saturated rings. The van der Waals surface area contributed by atoms with Crippen LogP contribution < -0.4 is 5.32 Å². The molecule has 2 heterocycles. The van der Waals surface area contributed by atoms with Crippen molar-refractivity contribution in [2.24, 2.45) is 5.41 Å². The van der Waals surface area contributed by atoms with E-state index in [0.29, 0.717) is 5.41 Å². The highest BCUT2D eigenvalue weighted by atomic mass is 15.2. The number of hydrogen-bond donors (Lipinski definition) is 1. The van der Waals surface area contributed by atoms with Gasteiger partial charge in [0.15, 0.2) is 0 Å². The molecule has 1 unspecified atom stereocenters. The summed E-state index contributed by atoms with van der Waals surface area (Å²) in [6.07, 6.45) is 5.56. The Balaban J connectivity index is 1.85. The molecule has 0 radical (unpaired) electrons. The molecule has 0 amide bonds. The van der Waals surface area contributed by atoms with E-state index in [1.165, 1.54) is 51.9 Å². The van der Waals surface area contributed by atoms with E-state index in [1.807, 2.05) is 0 Å². The van der Waals surface area contributed by atoms with Crippen LogP contribution in [0.15, 0.2) is 0 Å². The number of nitrogens with zero attached hydrogens (tertiary/aromatic N) is 1. The molecule has 0 aliphatic carbocycles. The van der Waals surface area contributed by atoms with Gasteiger partial charge in [-0.25, -0.2) is 0 Å². The molecule has 0 bridgehead atoms. The standard InChI is InChI=1S/C12H24N2/c1-3-11(2)14-8-5-12(6-9-14)4-7-13-10-12/h11,13H,3-10H2,1-2H3. The van der Waals surface area contributed by atoms with E-state index < -0.39 is 0 Å². The van der Waals surface area contributed by atoms with Gasteiger partial charge in [0.1, 0.15) is 0 Å². The largest absolute Gasteiger partial charge is 0.316 e. The molecule has 82 valence electrons. The van der Waals surface area contributed by atoms with Gasteiger partial charge in [0, 0.05) is 12.6 Å². The van der Waals surface area contributed by atoms with E-state index in [9.17, 15) is 0 Å². The Bertz CT molecular complexity index is 175.